The first-order chi connectivity index (χ1) is 10.7. The van der Waals surface area contributed by atoms with E-state index < -0.39 is 0 Å². The Balaban J connectivity index is 2.49. The van der Waals surface area contributed by atoms with Gasteiger partial charge in [0.1, 0.15) is 17.3 Å². The Morgan fingerprint density at radius 2 is 2.04 bits per heavy atom. The minimum atomic E-state index is -0.297. The molecule has 2 heterocycles. The zero-order valence-electron chi connectivity index (χ0n) is 13.8. The first-order valence-electron chi connectivity index (χ1n) is 6.99. The number of aryl methyl sites for hydroxylation is 1. The molecule has 0 atom stereocenters. The van der Waals surface area contributed by atoms with Gasteiger partial charge in [-0.15, -0.1) is 10.2 Å². The highest BCUT2D eigenvalue weighted by Gasteiger charge is 2.24. The zero-order valence-corrected chi connectivity index (χ0v) is 13.8. The molecule has 0 radical (unpaired) electrons. The molecule has 0 aromatic carbocycles. The molecule has 2 rings (SSSR count). The molecule has 0 aliphatic heterocycles. The number of aromatic amines is 1. The van der Waals surface area contributed by atoms with Crippen LogP contribution in [0.1, 0.15) is 44.6 Å². The number of rotatable bonds is 3. The van der Waals surface area contributed by atoms with E-state index in [1.165, 1.54) is 4.68 Å². The number of azo groups is 1. The normalized spacial score (nSPS) is 11.8. The van der Waals surface area contributed by atoms with E-state index in [1.807, 2.05) is 20.8 Å². The SMILES string of the molecule is C=C(C)c1nn(C)c(O)c1/N=N/c1[nH]nc(C(C)(C)C)c1C#N. The Morgan fingerprint density at radius 3 is 2.57 bits per heavy atom. The lowest BCUT2D eigenvalue weighted by Crippen LogP contribution is -2.13. The number of hydrogen-bond acceptors (Lipinski definition) is 6. The Bertz CT molecular complexity index is 827. The lowest BCUT2D eigenvalue weighted by molar-refractivity contribution is 0.420. The summed E-state index contributed by atoms with van der Waals surface area (Å²) < 4.78 is 1.29. The van der Waals surface area contributed by atoms with Crippen LogP contribution in [0, 0.1) is 11.3 Å². The molecule has 0 amide bonds. The van der Waals surface area contributed by atoms with Crippen molar-refractivity contribution >= 4 is 17.1 Å². The summed E-state index contributed by atoms with van der Waals surface area (Å²) in [5.41, 5.74) is 1.95. The molecular weight excluding hydrogens is 294 g/mol. The van der Waals surface area contributed by atoms with E-state index >= 15 is 0 Å². The molecule has 120 valence electrons. The molecule has 0 bridgehead atoms. The minimum Gasteiger partial charge on any atom is -0.492 e. The number of aromatic hydroxyl groups is 1. The lowest BCUT2D eigenvalue weighted by atomic mass is 9.90. The highest BCUT2D eigenvalue weighted by atomic mass is 16.3. The van der Waals surface area contributed by atoms with E-state index in [0.717, 1.165) is 0 Å². The summed E-state index contributed by atoms with van der Waals surface area (Å²) in [7, 11) is 1.59. The van der Waals surface area contributed by atoms with Crippen LogP contribution in [0.3, 0.4) is 0 Å². The smallest absolute Gasteiger partial charge is 0.238 e. The van der Waals surface area contributed by atoms with Gasteiger partial charge in [0, 0.05) is 12.5 Å². The van der Waals surface area contributed by atoms with Gasteiger partial charge in [-0.3, -0.25) is 5.10 Å². The summed E-state index contributed by atoms with van der Waals surface area (Å²) in [6, 6.07) is 2.10. The molecule has 0 saturated carbocycles. The average Bonchev–Trinajstić information content (AvgIpc) is 2.99. The number of H-pyrrole nitrogens is 1. The summed E-state index contributed by atoms with van der Waals surface area (Å²) in [5, 5.41) is 38.4. The van der Waals surface area contributed by atoms with Gasteiger partial charge in [-0.05, 0) is 12.5 Å². The van der Waals surface area contributed by atoms with Crippen LogP contribution in [0.15, 0.2) is 16.8 Å². The quantitative estimate of drug-likeness (QED) is 0.844. The summed E-state index contributed by atoms with van der Waals surface area (Å²) in [4.78, 5) is 0. The van der Waals surface area contributed by atoms with Crippen LogP contribution in [0.5, 0.6) is 5.88 Å². The van der Waals surface area contributed by atoms with Gasteiger partial charge in [0.05, 0.1) is 5.69 Å². The molecule has 2 aromatic heterocycles. The van der Waals surface area contributed by atoms with E-state index in [2.05, 4.69) is 38.2 Å². The summed E-state index contributed by atoms with van der Waals surface area (Å²) >= 11 is 0. The van der Waals surface area contributed by atoms with Crippen molar-refractivity contribution in [1.82, 2.24) is 20.0 Å². The first-order valence-corrected chi connectivity index (χ1v) is 6.99. The molecule has 0 unspecified atom stereocenters. The third-order valence-corrected chi connectivity index (χ3v) is 3.22. The van der Waals surface area contributed by atoms with Crippen LogP contribution in [0.4, 0.5) is 11.5 Å². The standard InChI is InChI=1S/C15H19N7O/c1-8(2)10-11(14(23)22(6)21-10)17-19-13-9(7-16)12(18-20-13)15(3,4)5/h23H,1H2,2-6H3,(H,18,20)/b19-17+. The van der Waals surface area contributed by atoms with Gasteiger partial charge < -0.3 is 5.11 Å². The number of nitrogens with zero attached hydrogens (tertiary/aromatic N) is 6. The minimum absolute atomic E-state index is 0.124. The van der Waals surface area contributed by atoms with Gasteiger partial charge in [-0.25, -0.2) is 4.68 Å². The van der Waals surface area contributed by atoms with E-state index in [1.54, 1.807) is 14.0 Å². The van der Waals surface area contributed by atoms with E-state index in [4.69, 9.17) is 0 Å². The summed E-state index contributed by atoms with van der Waals surface area (Å²) in [5.74, 6) is 0.120. The third-order valence-electron chi connectivity index (χ3n) is 3.22. The predicted octanol–water partition coefficient (Wildman–Crippen LogP) is 3.47. The Hall–Kier alpha value is -2.95. The molecule has 2 aromatic rings. The average molecular weight is 313 g/mol. The van der Waals surface area contributed by atoms with Crippen molar-refractivity contribution < 1.29 is 5.11 Å². The van der Waals surface area contributed by atoms with Gasteiger partial charge in [0.25, 0.3) is 0 Å². The topological polar surface area (TPSA) is 115 Å². The third kappa shape index (κ3) is 2.99. The van der Waals surface area contributed by atoms with Gasteiger partial charge in [0.15, 0.2) is 11.5 Å². The molecule has 23 heavy (non-hydrogen) atoms. The number of allylic oxidation sites excluding steroid dienone is 1. The number of hydrogen-bond donors (Lipinski definition) is 2. The Labute approximate surface area is 134 Å². The fraction of sp³-hybridized carbons (Fsp3) is 0.400. The highest BCUT2D eigenvalue weighted by Crippen LogP contribution is 2.35. The van der Waals surface area contributed by atoms with E-state index in [0.29, 0.717) is 22.5 Å². The van der Waals surface area contributed by atoms with E-state index in [9.17, 15) is 10.4 Å². The van der Waals surface area contributed by atoms with Crippen molar-refractivity contribution in [3.8, 4) is 11.9 Å². The second-order valence-electron chi connectivity index (χ2n) is 6.28. The van der Waals surface area contributed by atoms with Crippen molar-refractivity contribution in [2.75, 3.05) is 0 Å². The Kier molecular flexibility index (Phi) is 4.06. The number of aromatic nitrogens is 4. The van der Waals surface area contributed by atoms with Crippen LogP contribution < -0.4 is 0 Å². The Morgan fingerprint density at radius 1 is 1.39 bits per heavy atom. The van der Waals surface area contributed by atoms with Gasteiger partial charge in [-0.1, -0.05) is 27.4 Å². The van der Waals surface area contributed by atoms with Crippen molar-refractivity contribution in [2.24, 2.45) is 17.3 Å². The molecular formula is C15H19N7O. The fourth-order valence-corrected chi connectivity index (χ4v) is 2.04. The monoisotopic (exact) mass is 313 g/mol. The van der Waals surface area contributed by atoms with Gasteiger partial charge >= 0.3 is 0 Å². The zero-order chi connectivity index (χ0) is 17.4. The van der Waals surface area contributed by atoms with Crippen LogP contribution in [-0.2, 0) is 12.5 Å². The van der Waals surface area contributed by atoms with Crippen LogP contribution in [0.2, 0.25) is 0 Å². The highest BCUT2D eigenvalue weighted by molar-refractivity contribution is 5.72. The molecule has 0 spiro atoms. The molecule has 8 heteroatoms. The predicted molar refractivity (Wildman–Crippen MR) is 85.8 cm³/mol. The van der Waals surface area contributed by atoms with Crippen LogP contribution in [-0.4, -0.2) is 25.1 Å². The van der Waals surface area contributed by atoms with Gasteiger partial charge in [0.2, 0.25) is 5.88 Å². The second-order valence-corrected chi connectivity index (χ2v) is 6.28. The molecule has 0 fully saturated rings. The first kappa shape index (κ1) is 16.4. The molecule has 0 aliphatic carbocycles. The van der Waals surface area contributed by atoms with Crippen LogP contribution >= 0.6 is 0 Å². The van der Waals surface area contributed by atoms with Crippen molar-refractivity contribution in [3.63, 3.8) is 0 Å². The maximum Gasteiger partial charge on any atom is 0.238 e. The summed E-state index contributed by atoms with van der Waals surface area (Å²) in [6.07, 6.45) is 0. The number of nitrogens with one attached hydrogen (secondary N) is 1. The second kappa shape index (κ2) is 5.68. The fourth-order valence-electron chi connectivity index (χ4n) is 2.04. The maximum absolute atomic E-state index is 10.0. The molecule has 0 saturated heterocycles. The summed E-state index contributed by atoms with van der Waals surface area (Å²) in [6.45, 7) is 11.4. The molecule has 2 N–H and O–H groups in total. The largest absolute Gasteiger partial charge is 0.492 e. The molecule has 8 nitrogen and oxygen atoms in total. The van der Waals surface area contributed by atoms with Crippen molar-refractivity contribution in [3.05, 3.63) is 23.5 Å². The lowest BCUT2D eigenvalue weighted by Gasteiger charge is -2.14. The van der Waals surface area contributed by atoms with E-state index in [-0.39, 0.29) is 22.8 Å². The maximum atomic E-state index is 10.0. The van der Waals surface area contributed by atoms with Crippen molar-refractivity contribution in [1.29, 1.82) is 5.26 Å². The van der Waals surface area contributed by atoms with Crippen LogP contribution in [0.25, 0.3) is 5.57 Å². The number of nitriles is 1. The van der Waals surface area contributed by atoms with Crippen molar-refractivity contribution in [2.45, 2.75) is 33.1 Å². The molecule has 0 aliphatic rings. The van der Waals surface area contributed by atoms with Gasteiger partial charge in [-0.2, -0.15) is 15.5 Å².